The molecule has 0 fully saturated rings. The molecule has 0 saturated carbocycles. The minimum atomic E-state index is -4.51. The molecule has 0 spiro atoms. The fourth-order valence-electron chi connectivity index (χ4n) is 3.29. The number of carbonyl (C=O) groups excluding carboxylic acids is 1. The molecule has 0 radical (unpaired) electrons. The summed E-state index contributed by atoms with van der Waals surface area (Å²) in [4.78, 5) is 24.6. The molecule has 0 atom stereocenters. The first-order valence-electron chi connectivity index (χ1n) is 10.5. The normalized spacial score (nSPS) is 12.0. The van der Waals surface area contributed by atoms with E-state index >= 15 is 0 Å². The van der Waals surface area contributed by atoms with E-state index in [2.05, 4.69) is 20.3 Å². The summed E-state index contributed by atoms with van der Waals surface area (Å²) < 4.78 is 65.8. The van der Waals surface area contributed by atoms with Gasteiger partial charge in [0.05, 0.1) is 24.8 Å². The average Bonchev–Trinajstić information content (AvgIpc) is 3.24. The number of aromatic nitrogens is 4. The van der Waals surface area contributed by atoms with Gasteiger partial charge in [0.15, 0.2) is 5.82 Å². The lowest BCUT2D eigenvalue weighted by Crippen LogP contribution is -2.36. The van der Waals surface area contributed by atoms with Crippen LogP contribution in [0.5, 0.6) is 0 Å². The van der Waals surface area contributed by atoms with Gasteiger partial charge in [-0.25, -0.2) is 19.7 Å². The second-order valence-corrected chi connectivity index (χ2v) is 9.51. The van der Waals surface area contributed by atoms with E-state index in [1.54, 1.807) is 58.5 Å². The van der Waals surface area contributed by atoms with Gasteiger partial charge < -0.3 is 16.4 Å². The number of nitrogens with two attached hydrogens (primary N) is 1. The van der Waals surface area contributed by atoms with Crippen LogP contribution in [0.25, 0.3) is 28.3 Å². The molecule has 2 amide bonds. The van der Waals surface area contributed by atoms with Crippen LogP contribution in [0.2, 0.25) is 0 Å². The Morgan fingerprint density at radius 2 is 1.92 bits per heavy atom. The first-order valence-corrected chi connectivity index (χ1v) is 12.3. The Hall–Kier alpha value is -4.24. The van der Waals surface area contributed by atoms with E-state index in [1.165, 1.54) is 6.20 Å². The number of alkyl halides is 3. The maximum atomic E-state index is 12.3. The van der Waals surface area contributed by atoms with Crippen LogP contribution in [0.15, 0.2) is 55.0 Å². The number of carbonyl (C=O) groups is 1. The first kappa shape index (κ1) is 25.8. The number of halogens is 3. The molecule has 3 heterocycles. The number of nitrogen functional groups attached to an aromatic ring is 1. The number of urea groups is 1. The Morgan fingerprint density at radius 3 is 2.62 bits per heavy atom. The van der Waals surface area contributed by atoms with Crippen LogP contribution < -0.4 is 16.4 Å². The minimum Gasteiger partial charge on any atom is -0.383 e. The van der Waals surface area contributed by atoms with E-state index in [0.29, 0.717) is 39.5 Å². The number of hydrogen-bond donors (Lipinski definition) is 3. The highest BCUT2D eigenvalue weighted by molar-refractivity contribution is 7.85. The summed E-state index contributed by atoms with van der Waals surface area (Å²) in [6.45, 7) is -1.73. The van der Waals surface area contributed by atoms with Crippen molar-refractivity contribution in [3.8, 4) is 22.6 Å². The molecule has 15 heteroatoms. The van der Waals surface area contributed by atoms with Gasteiger partial charge in [0.25, 0.3) is 10.1 Å². The van der Waals surface area contributed by atoms with Gasteiger partial charge in [0.1, 0.15) is 18.0 Å². The highest BCUT2D eigenvalue weighted by Crippen LogP contribution is 2.26. The smallest absolute Gasteiger partial charge is 0.383 e. The molecular formula is C22H20F3N7O4S. The lowest BCUT2D eigenvalue weighted by molar-refractivity contribution is -0.122. The molecule has 4 aromatic rings. The molecule has 0 aliphatic carbocycles. The molecule has 0 bridgehead atoms. The molecule has 11 nitrogen and oxygen atoms in total. The standard InChI is InChI=1S/C22H20F3N7O4S/c1-37(34,35)36-11-15-9-28-20(31-19(15)26)14-5-6-32-17(10-27-18(32)8-14)13-3-2-4-16(7-13)30-21(33)29-12-22(23,24)25/h2-10H,11-12H2,1H3,(H2,26,28,31)(H2,29,30,33). The van der Waals surface area contributed by atoms with E-state index in [9.17, 15) is 26.4 Å². The fourth-order valence-corrected chi connectivity index (χ4v) is 3.63. The number of pyridine rings is 1. The van der Waals surface area contributed by atoms with Gasteiger partial charge in [-0.2, -0.15) is 21.6 Å². The summed E-state index contributed by atoms with van der Waals surface area (Å²) in [6.07, 6.45) is 1.12. The largest absolute Gasteiger partial charge is 0.405 e. The van der Waals surface area contributed by atoms with Crippen LogP contribution in [0.1, 0.15) is 5.56 Å². The lowest BCUT2D eigenvalue weighted by Gasteiger charge is -2.11. The molecular weight excluding hydrogens is 515 g/mol. The van der Waals surface area contributed by atoms with Gasteiger partial charge in [0, 0.05) is 34.8 Å². The van der Waals surface area contributed by atoms with Crippen LogP contribution in [-0.2, 0) is 20.9 Å². The number of hydrogen-bond acceptors (Lipinski definition) is 8. The Morgan fingerprint density at radius 1 is 1.14 bits per heavy atom. The summed E-state index contributed by atoms with van der Waals surface area (Å²) in [5.41, 5.74) is 9.01. The fraction of sp³-hybridized carbons (Fsp3) is 0.182. The van der Waals surface area contributed by atoms with Crippen molar-refractivity contribution in [2.75, 3.05) is 23.9 Å². The number of imidazole rings is 1. The monoisotopic (exact) mass is 535 g/mol. The Balaban J connectivity index is 1.54. The number of rotatable bonds is 7. The number of benzene rings is 1. The molecule has 3 aromatic heterocycles. The Kier molecular flexibility index (Phi) is 7.00. The quantitative estimate of drug-likeness (QED) is 0.305. The predicted molar refractivity (Wildman–Crippen MR) is 129 cm³/mol. The van der Waals surface area contributed by atoms with Crippen molar-refractivity contribution in [3.05, 3.63) is 60.6 Å². The third-order valence-corrected chi connectivity index (χ3v) is 5.51. The number of nitrogens with zero attached hydrogens (tertiary/aromatic N) is 4. The molecule has 37 heavy (non-hydrogen) atoms. The third-order valence-electron chi connectivity index (χ3n) is 4.96. The molecule has 0 unspecified atom stereocenters. The Bertz CT molecular complexity index is 1570. The number of anilines is 2. The summed E-state index contributed by atoms with van der Waals surface area (Å²) in [7, 11) is -3.65. The first-order chi connectivity index (χ1) is 17.4. The topological polar surface area (TPSA) is 154 Å². The third kappa shape index (κ3) is 6.71. The van der Waals surface area contributed by atoms with Crippen molar-refractivity contribution in [1.29, 1.82) is 0 Å². The van der Waals surface area contributed by atoms with E-state index in [0.717, 1.165) is 6.26 Å². The van der Waals surface area contributed by atoms with Crippen LogP contribution in [0.4, 0.5) is 29.5 Å². The zero-order valence-corrected chi connectivity index (χ0v) is 20.0. The van der Waals surface area contributed by atoms with Crippen molar-refractivity contribution in [3.63, 3.8) is 0 Å². The summed E-state index contributed by atoms with van der Waals surface area (Å²) in [5, 5.41) is 4.12. The van der Waals surface area contributed by atoms with E-state index in [1.807, 2.05) is 0 Å². The minimum absolute atomic E-state index is 0.0705. The maximum Gasteiger partial charge on any atom is 0.405 e. The van der Waals surface area contributed by atoms with Crippen LogP contribution in [-0.4, -0.2) is 52.8 Å². The molecule has 0 saturated heterocycles. The zero-order chi connectivity index (χ0) is 26.8. The van der Waals surface area contributed by atoms with Crippen LogP contribution in [0.3, 0.4) is 0 Å². The molecule has 4 N–H and O–H groups in total. The van der Waals surface area contributed by atoms with Gasteiger partial charge in [-0.3, -0.25) is 8.58 Å². The SMILES string of the molecule is CS(=O)(=O)OCc1cnc(-c2ccn3c(-c4cccc(NC(=O)NCC(F)(F)F)c4)cnc3c2)nc1N. The van der Waals surface area contributed by atoms with Crippen LogP contribution in [0, 0.1) is 0 Å². The van der Waals surface area contributed by atoms with Crippen molar-refractivity contribution in [1.82, 2.24) is 24.7 Å². The van der Waals surface area contributed by atoms with E-state index in [-0.39, 0.29) is 12.4 Å². The molecule has 1 aromatic carbocycles. The van der Waals surface area contributed by atoms with E-state index in [4.69, 9.17) is 9.92 Å². The average molecular weight is 536 g/mol. The highest BCUT2D eigenvalue weighted by Gasteiger charge is 2.27. The van der Waals surface area contributed by atoms with E-state index < -0.39 is 28.9 Å². The van der Waals surface area contributed by atoms with Crippen LogP contribution >= 0.6 is 0 Å². The maximum absolute atomic E-state index is 12.3. The van der Waals surface area contributed by atoms with Crippen molar-refractivity contribution in [2.45, 2.75) is 12.8 Å². The Labute approximate surface area is 208 Å². The summed E-state index contributed by atoms with van der Waals surface area (Å²) >= 11 is 0. The highest BCUT2D eigenvalue weighted by atomic mass is 32.2. The van der Waals surface area contributed by atoms with Crippen molar-refractivity contribution < 1.29 is 30.6 Å². The lowest BCUT2D eigenvalue weighted by atomic mass is 10.1. The molecule has 194 valence electrons. The second-order valence-electron chi connectivity index (χ2n) is 7.86. The van der Waals surface area contributed by atoms with Gasteiger partial charge >= 0.3 is 12.2 Å². The number of amides is 2. The molecule has 0 aliphatic heterocycles. The van der Waals surface area contributed by atoms with Crippen molar-refractivity contribution >= 4 is 33.3 Å². The summed E-state index contributed by atoms with van der Waals surface area (Å²) in [5.74, 6) is 0.366. The summed E-state index contributed by atoms with van der Waals surface area (Å²) in [6, 6.07) is 9.02. The predicted octanol–water partition coefficient (Wildman–Crippen LogP) is 3.20. The number of fused-ring (bicyclic) bond motifs is 1. The van der Waals surface area contributed by atoms with Crippen molar-refractivity contribution in [2.24, 2.45) is 0 Å². The van der Waals surface area contributed by atoms with Gasteiger partial charge in [-0.1, -0.05) is 12.1 Å². The van der Waals surface area contributed by atoms with Gasteiger partial charge in [-0.05, 0) is 24.3 Å². The second kappa shape index (κ2) is 10.0. The molecule has 4 rings (SSSR count). The van der Waals surface area contributed by atoms with Gasteiger partial charge in [0.2, 0.25) is 0 Å². The molecule has 0 aliphatic rings. The number of nitrogens with one attached hydrogen (secondary N) is 2. The van der Waals surface area contributed by atoms with Gasteiger partial charge in [-0.15, -0.1) is 0 Å². The zero-order valence-electron chi connectivity index (χ0n) is 19.2.